The fourth-order valence-electron chi connectivity index (χ4n) is 10.0. The van der Waals surface area contributed by atoms with E-state index in [4.69, 9.17) is 0 Å². The molecular formula is C86H129N13S2. The van der Waals surface area contributed by atoms with Crippen LogP contribution in [0.25, 0.3) is 0 Å². The Bertz CT molecular complexity index is 3850. The molecule has 0 unspecified atom stereocenters. The summed E-state index contributed by atoms with van der Waals surface area (Å²) in [5, 5.41) is 7.98. The molecule has 0 saturated carbocycles. The Morgan fingerprint density at radius 2 is 0.248 bits per heavy atom. The van der Waals surface area contributed by atoms with Crippen LogP contribution < -0.4 is 0 Å². The zero-order valence-corrected chi connectivity index (χ0v) is 72.8. The molecule has 10 rings (SSSR count). The van der Waals surface area contributed by atoms with Gasteiger partial charge in [-0.1, -0.05) is 0 Å². The third kappa shape index (κ3) is 27.5. The van der Waals surface area contributed by atoms with Gasteiger partial charge in [-0.3, -0.25) is 24.9 Å². The van der Waals surface area contributed by atoms with Crippen LogP contribution in [-0.4, -0.2) is 65.0 Å². The van der Waals surface area contributed by atoms with Gasteiger partial charge in [0.25, 0.3) is 0 Å². The molecule has 101 heavy (non-hydrogen) atoms. The highest BCUT2D eigenvalue weighted by molar-refractivity contribution is 7.12. The van der Waals surface area contributed by atoms with Crippen molar-refractivity contribution in [3.63, 3.8) is 0 Å². The van der Waals surface area contributed by atoms with Crippen molar-refractivity contribution < 1.29 is 0 Å². The summed E-state index contributed by atoms with van der Waals surface area (Å²) in [6.45, 7) is 89.1. The summed E-state index contributed by atoms with van der Waals surface area (Å²) in [5.41, 5.74) is 43.8. The van der Waals surface area contributed by atoms with Crippen molar-refractivity contribution in [2.75, 3.05) is 0 Å². The van der Waals surface area contributed by atoms with Gasteiger partial charge in [-0.15, -0.1) is 22.7 Å². The van der Waals surface area contributed by atoms with Gasteiger partial charge >= 0.3 is 0 Å². The second-order valence-electron chi connectivity index (χ2n) is 27.3. The van der Waals surface area contributed by atoms with Gasteiger partial charge in [0.2, 0.25) is 0 Å². The number of rotatable bonds is 0. The Labute approximate surface area is 621 Å². The SMILES string of the molecule is Cc1nc(C)c(C)c(C)c1C.Cc1nc(C)c(C)c(C)c1C.Cc1nc(C)c(C)c(C)c1C.Cc1nc(C)c(C)c(C)n1.Cc1nc(C)c(C)c(C)n1.Cc1nc(C)c(C)c(C)n1.Cc1nc(C)c(C)nc1C.Cc1nnc(C)c(C)c1C.Cc1sc(C)c(C)c1C.Cc1sc(C)c(C)c1C. The number of nitrogens with zero attached hydrogens (tertiary/aromatic N) is 13. The Kier molecular flexibility index (Phi) is 37.4. The first-order valence-corrected chi connectivity index (χ1v) is 36.8. The van der Waals surface area contributed by atoms with Crippen molar-refractivity contribution in [3.05, 3.63) is 240 Å². The Hall–Kier alpha value is -7.75. The third-order valence-electron chi connectivity index (χ3n) is 20.4. The monoisotopic (exact) mass is 1410 g/mol. The van der Waals surface area contributed by atoms with E-state index in [0.29, 0.717) is 0 Å². The minimum Gasteiger partial charge on any atom is -0.258 e. The minimum atomic E-state index is 0.862. The lowest BCUT2D eigenvalue weighted by Crippen LogP contribution is -1.98. The number of hydrogen-bond acceptors (Lipinski definition) is 15. The number of aryl methyl sites for hydroxylation is 25. The normalized spacial score (nSPS) is 10.1. The second-order valence-corrected chi connectivity index (χ2v) is 30.1. The summed E-state index contributed by atoms with van der Waals surface area (Å²) in [7, 11) is 0. The van der Waals surface area contributed by atoms with Crippen LogP contribution in [0.1, 0.15) is 240 Å². The van der Waals surface area contributed by atoms with Gasteiger partial charge in [0.15, 0.2) is 0 Å². The average molecular weight is 1410 g/mol. The highest BCUT2D eigenvalue weighted by atomic mass is 32.1. The molecule has 0 aliphatic rings. The largest absolute Gasteiger partial charge is 0.258 e. The number of pyridine rings is 3. The highest BCUT2D eigenvalue weighted by Crippen LogP contribution is 2.27. The van der Waals surface area contributed by atoms with E-state index in [0.717, 1.165) is 120 Å². The number of hydrogen-bond donors (Lipinski definition) is 0. The third-order valence-corrected chi connectivity index (χ3v) is 22.9. The molecule has 0 fully saturated rings. The molecule has 10 aromatic heterocycles. The van der Waals surface area contributed by atoms with Crippen LogP contribution >= 0.6 is 22.7 Å². The van der Waals surface area contributed by atoms with E-state index in [1.165, 1.54) is 120 Å². The molecule has 13 nitrogen and oxygen atoms in total. The molecule has 0 bridgehead atoms. The van der Waals surface area contributed by atoms with Crippen LogP contribution in [0.2, 0.25) is 0 Å². The van der Waals surface area contributed by atoms with E-state index in [9.17, 15) is 0 Å². The molecule has 0 saturated heterocycles. The molecule has 10 heterocycles. The molecule has 0 aliphatic carbocycles. The van der Waals surface area contributed by atoms with E-state index in [1.54, 1.807) is 0 Å². The van der Waals surface area contributed by atoms with Crippen LogP contribution in [-0.2, 0) is 0 Å². The molecular weight excluding hydrogens is 1280 g/mol. The first-order chi connectivity index (χ1) is 46.4. The first kappa shape index (κ1) is 91.3. The standard InChI is InChI=1S/3C10H15N.5C8H12N2.2C8H12S/c3*1-6-7(2)9(4)11-10(5)8(6)3;1-5-6(2)10-8(4)7(3)9-5;3*1-5-6(2)9-8(4)10-7(5)3;1-5-6(2)8(4)10-9-7(5)3;2*1-5-6(2)8(4)9-7(5)3/h3*1-5H3;5*1-4H3;2*1-4H3. The molecule has 0 atom stereocenters. The molecule has 15 heteroatoms. The number of aromatic nitrogens is 13. The summed E-state index contributed by atoms with van der Waals surface area (Å²) >= 11 is 3.79. The van der Waals surface area contributed by atoms with E-state index >= 15 is 0 Å². The maximum Gasteiger partial charge on any atom is 0.125 e. The van der Waals surface area contributed by atoms with Crippen LogP contribution in [0.4, 0.5) is 0 Å². The maximum absolute atomic E-state index is 4.43. The van der Waals surface area contributed by atoms with Crippen LogP contribution in [0, 0.1) is 298 Å². The van der Waals surface area contributed by atoms with Crippen molar-refractivity contribution in [1.82, 2.24) is 65.0 Å². The predicted molar refractivity (Wildman–Crippen MR) is 435 cm³/mol. The van der Waals surface area contributed by atoms with E-state index < -0.39 is 0 Å². The minimum absolute atomic E-state index is 0.862. The fourth-order valence-corrected chi connectivity index (χ4v) is 12.2. The van der Waals surface area contributed by atoms with Gasteiger partial charge in [0, 0.05) is 87.8 Å². The predicted octanol–water partition coefficient (Wildman–Crippen LogP) is 22.4. The number of thiophene rings is 2. The van der Waals surface area contributed by atoms with E-state index in [-0.39, 0.29) is 0 Å². The lowest BCUT2D eigenvalue weighted by Gasteiger charge is -2.09. The summed E-state index contributed by atoms with van der Waals surface area (Å²) < 4.78 is 0. The summed E-state index contributed by atoms with van der Waals surface area (Å²) in [6, 6.07) is 0. The molecule has 0 amide bonds. The van der Waals surface area contributed by atoms with Gasteiger partial charge in [-0.25, -0.2) is 29.9 Å². The summed E-state index contributed by atoms with van der Waals surface area (Å²) in [5.74, 6) is 2.59. The molecule has 550 valence electrons. The zero-order valence-electron chi connectivity index (χ0n) is 71.1. The lowest BCUT2D eigenvalue weighted by molar-refractivity contribution is 0.905. The van der Waals surface area contributed by atoms with Gasteiger partial charge in [-0.2, -0.15) is 10.2 Å². The Morgan fingerprint density at radius 1 is 0.119 bits per heavy atom. The quantitative estimate of drug-likeness (QED) is 0.141. The molecule has 10 aromatic rings. The molecule has 0 radical (unpaired) electrons. The average Bonchev–Trinajstić information content (AvgIpc) is 1.84. The van der Waals surface area contributed by atoms with Gasteiger partial charge < -0.3 is 0 Å². The molecule has 0 aromatic carbocycles. The molecule has 0 spiro atoms. The Balaban J connectivity index is 0.000000561. The fraction of sp³-hybridized carbons (Fsp3) is 0.500. The topological polar surface area (TPSA) is 168 Å². The van der Waals surface area contributed by atoms with Crippen molar-refractivity contribution in [1.29, 1.82) is 0 Å². The van der Waals surface area contributed by atoms with Crippen molar-refractivity contribution in [2.24, 2.45) is 0 Å². The molecule has 0 aliphatic heterocycles. The lowest BCUT2D eigenvalue weighted by atomic mass is 10.0. The van der Waals surface area contributed by atoms with Gasteiger partial charge in [0.1, 0.15) is 17.5 Å². The van der Waals surface area contributed by atoms with E-state index in [2.05, 4.69) is 238 Å². The first-order valence-electron chi connectivity index (χ1n) is 35.1. The van der Waals surface area contributed by atoms with Crippen LogP contribution in [0.5, 0.6) is 0 Å². The van der Waals surface area contributed by atoms with Crippen LogP contribution in [0.15, 0.2) is 0 Å². The molecule has 0 N–H and O–H groups in total. The summed E-state index contributed by atoms with van der Waals surface area (Å²) in [6.07, 6.45) is 0. The van der Waals surface area contributed by atoms with Gasteiger partial charge in [0.05, 0.1) is 34.2 Å². The second kappa shape index (κ2) is 41.4. The van der Waals surface area contributed by atoms with Crippen LogP contribution in [0.3, 0.4) is 0 Å². The van der Waals surface area contributed by atoms with Crippen molar-refractivity contribution in [2.45, 2.75) is 298 Å². The summed E-state index contributed by atoms with van der Waals surface area (Å²) in [4.78, 5) is 53.1. The highest BCUT2D eigenvalue weighted by Gasteiger charge is 2.09. The maximum atomic E-state index is 4.43. The Morgan fingerprint density at radius 3 is 0.386 bits per heavy atom. The van der Waals surface area contributed by atoms with E-state index in [1.807, 2.05) is 147 Å². The van der Waals surface area contributed by atoms with Crippen molar-refractivity contribution in [3.8, 4) is 0 Å². The smallest absolute Gasteiger partial charge is 0.125 e. The van der Waals surface area contributed by atoms with Gasteiger partial charge in [-0.05, 0) is 398 Å². The zero-order chi connectivity index (χ0) is 78.4. The van der Waals surface area contributed by atoms with Crippen molar-refractivity contribution >= 4 is 22.7 Å².